The summed E-state index contributed by atoms with van der Waals surface area (Å²) < 4.78 is 10.8. The van der Waals surface area contributed by atoms with Gasteiger partial charge in [-0.3, -0.25) is 4.90 Å². The maximum absolute atomic E-state index is 12.3. The highest BCUT2D eigenvalue weighted by atomic mass is 16.6. The van der Waals surface area contributed by atoms with Gasteiger partial charge in [-0.2, -0.15) is 0 Å². The van der Waals surface area contributed by atoms with Gasteiger partial charge in [-0.1, -0.05) is 0 Å². The summed E-state index contributed by atoms with van der Waals surface area (Å²) in [5, 5.41) is 9.60. The zero-order valence-electron chi connectivity index (χ0n) is 15.3. The normalized spacial score (nSPS) is 22.8. The largest absolute Gasteiger partial charge is 0.444 e. The molecule has 1 N–H and O–H groups in total. The maximum atomic E-state index is 12.3. The van der Waals surface area contributed by atoms with E-state index in [1.54, 1.807) is 46.4 Å². The third kappa shape index (κ3) is 5.89. The number of aliphatic hydroxyl groups excluding tert-OH is 1. The second kappa shape index (κ2) is 6.95. The Hall–Kier alpha value is -1.50. The van der Waals surface area contributed by atoms with Crippen molar-refractivity contribution < 1.29 is 24.2 Å². The molecule has 0 spiro atoms. The lowest BCUT2D eigenvalue weighted by Gasteiger charge is -2.44. The highest BCUT2D eigenvalue weighted by Gasteiger charge is 2.39. The van der Waals surface area contributed by atoms with Crippen LogP contribution in [0.25, 0.3) is 0 Å². The Labute approximate surface area is 138 Å². The van der Waals surface area contributed by atoms with E-state index in [0.717, 1.165) is 0 Å². The molecule has 2 amide bonds. The fourth-order valence-corrected chi connectivity index (χ4v) is 2.31. The van der Waals surface area contributed by atoms with Gasteiger partial charge >= 0.3 is 12.2 Å². The Morgan fingerprint density at radius 3 is 1.78 bits per heavy atom. The summed E-state index contributed by atoms with van der Waals surface area (Å²) >= 11 is 0. The van der Waals surface area contributed by atoms with Gasteiger partial charge < -0.3 is 19.5 Å². The SMILES string of the molecule is CC1CN(C(=O)OC(C)(C)C)C(CO)CN1C(=O)OC(C)(C)C. The maximum Gasteiger partial charge on any atom is 0.410 e. The summed E-state index contributed by atoms with van der Waals surface area (Å²) in [5.41, 5.74) is -1.20. The third-order valence-corrected chi connectivity index (χ3v) is 3.31. The molecule has 1 heterocycles. The van der Waals surface area contributed by atoms with Crippen molar-refractivity contribution in [1.29, 1.82) is 0 Å². The molecule has 1 rings (SSSR count). The summed E-state index contributed by atoms with van der Waals surface area (Å²) in [6, 6.07) is -0.728. The lowest BCUT2D eigenvalue weighted by molar-refractivity contribution is -0.0359. The first kappa shape index (κ1) is 19.5. The summed E-state index contributed by atoms with van der Waals surface area (Å²) in [5.74, 6) is 0. The van der Waals surface area contributed by atoms with Crippen molar-refractivity contribution in [1.82, 2.24) is 9.80 Å². The van der Waals surface area contributed by atoms with Crippen LogP contribution >= 0.6 is 0 Å². The summed E-state index contributed by atoms with van der Waals surface area (Å²) in [6.07, 6.45) is -0.917. The van der Waals surface area contributed by atoms with Crippen LogP contribution in [0, 0.1) is 0 Å². The lowest BCUT2D eigenvalue weighted by atomic mass is 10.1. The van der Waals surface area contributed by atoms with Crippen molar-refractivity contribution in [2.75, 3.05) is 19.7 Å². The van der Waals surface area contributed by atoms with Crippen LogP contribution in [0.15, 0.2) is 0 Å². The fraction of sp³-hybridized carbons (Fsp3) is 0.875. The monoisotopic (exact) mass is 330 g/mol. The van der Waals surface area contributed by atoms with E-state index in [1.807, 2.05) is 6.92 Å². The van der Waals surface area contributed by atoms with Crippen molar-refractivity contribution in [3.8, 4) is 0 Å². The average Bonchev–Trinajstić information content (AvgIpc) is 2.34. The van der Waals surface area contributed by atoms with E-state index in [2.05, 4.69) is 0 Å². The molecule has 1 aliphatic heterocycles. The Kier molecular flexibility index (Phi) is 5.90. The molecule has 1 fully saturated rings. The number of carbonyl (C=O) groups is 2. The molecule has 0 aromatic rings. The minimum atomic E-state index is -0.609. The van der Waals surface area contributed by atoms with Gasteiger partial charge in [-0.25, -0.2) is 9.59 Å². The topological polar surface area (TPSA) is 79.3 Å². The average molecular weight is 330 g/mol. The van der Waals surface area contributed by atoms with Gasteiger partial charge in [0.05, 0.1) is 18.7 Å². The number of ether oxygens (including phenoxy) is 2. The van der Waals surface area contributed by atoms with Crippen molar-refractivity contribution in [2.24, 2.45) is 0 Å². The van der Waals surface area contributed by atoms with Crippen LogP contribution < -0.4 is 0 Å². The van der Waals surface area contributed by atoms with Crippen molar-refractivity contribution >= 4 is 12.2 Å². The van der Waals surface area contributed by atoms with Gasteiger partial charge in [0, 0.05) is 13.1 Å². The molecule has 0 radical (unpaired) electrons. The number of hydrogen-bond donors (Lipinski definition) is 1. The van der Waals surface area contributed by atoms with Crippen LogP contribution in [0.4, 0.5) is 9.59 Å². The minimum Gasteiger partial charge on any atom is -0.444 e. The first-order valence-corrected chi connectivity index (χ1v) is 7.94. The van der Waals surface area contributed by atoms with Crippen LogP contribution in [0.2, 0.25) is 0 Å². The molecule has 1 saturated heterocycles. The molecule has 2 unspecified atom stereocenters. The van der Waals surface area contributed by atoms with Gasteiger partial charge in [0.1, 0.15) is 11.2 Å². The van der Waals surface area contributed by atoms with Crippen molar-refractivity contribution in [3.05, 3.63) is 0 Å². The first-order valence-electron chi connectivity index (χ1n) is 7.94. The molecule has 0 aliphatic carbocycles. The number of carbonyl (C=O) groups excluding carboxylic acids is 2. The molecule has 0 bridgehead atoms. The van der Waals surface area contributed by atoms with Crippen LogP contribution in [0.3, 0.4) is 0 Å². The summed E-state index contributed by atoms with van der Waals surface area (Å²) in [6.45, 7) is 12.9. The van der Waals surface area contributed by atoms with Gasteiger partial charge in [-0.05, 0) is 48.5 Å². The van der Waals surface area contributed by atoms with Crippen molar-refractivity contribution in [3.63, 3.8) is 0 Å². The smallest absolute Gasteiger partial charge is 0.410 e. The molecule has 0 saturated carbocycles. The lowest BCUT2D eigenvalue weighted by Crippen LogP contribution is -2.62. The molecule has 1 aliphatic rings. The minimum absolute atomic E-state index is 0.214. The molecule has 7 heteroatoms. The number of piperazine rings is 1. The number of rotatable bonds is 1. The van der Waals surface area contributed by atoms with Crippen LogP contribution in [-0.4, -0.2) is 70.1 Å². The molecule has 134 valence electrons. The first-order chi connectivity index (χ1) is 10.3. The predicted molar refractivity (Wildman–Crippen MR) is 86.2 cm³/mol. The molecule has 0 aromatic heterocycles. The van der Waals surface area contributed by atoms with Crippen molar-refractivity contribution in [2.45, 2.75) is 71.8 Å². The van der Waals surface area contributed by atoms with Crippen LogP contribution in [0.1, 0.15) is 48.5 Å². The second-order valence-corrected chi connectivity index (χ2v) is 7.95. The highest BCUT2D eigenvalue weighted by molar-refractivity contribution is 5.71. The third-order valence-electron chi connectivity index (χ3n) is 3.31. The molecular formula is C16H30N2O5. The molecule has 2 atom stereocenters. The van der Waals surface area contributed by atoms with E-state index in [0.29, 0.717) is 6.54 Å². The van der Waals surface area contributed by atoms with E-state index < -0.39 is 29.4 Å². The summed E-state index contributed by atoms with van der Waals surface area (Å²) in [7, 11) is 0. The van der Waals surface area contributed by atoms with E-state index >= 15 is 0 Å². The fourth-order valence-electron chi connectivity index (χ4n) is 2.31. The number of aliphatic hydroxyl groups is 1. The number of hydrogen-bond acceptors (Lipinski definition) is 5. The quantitative estimate of drug-likeness (QED) is 0.797. The van der Waals surface area contributed by atoms with Crippen LogP contribution in [-0.2, 0) is 9.47 Å². The molecule has 23 heavy (non-hydrogen) atoms. The molecule has 7 nitrogen and oxygen atoms in total. The van der Waals surface area contributed by atoms with Gasteiger partial charge in [0.2, 0.25) is 0 Å². The highest BCUT2D eigenvalue weighted by Crippen LogP contribution is 2.21. The van der Waals surface area contributed by atoms with E-state index in [1.165, 1.54) is 4.90 Å². The standard InChI is InChI=1S/C16H30N2O5/c1-11-8-18(14(21)23-16(5,6)7)12(10-19)9-17(11)13(20)22-15(2,3)4/h11-12,19H,8-10H2,1-7H3. The van der Waals surface area contributed by atoms with Crippen LogP contribution in [0.5, 0.6) is 0 Å². The van der Waals surface area contributed by atoms with Gasteiger partial charge in [0.25, 0.3) is 0 Å². The Morgan fingerprint density at radius 1 is 0.957 bits per heavy atom. The zero-order valence-corrected chi connectivity index (χ0v) is 15.3. The van der Waals surface area contributed by atoms with E-state index in [4.69, 9.17) is 9.47 Å². The Morgan fingerprint density at radius 2 is 1.39 bits per heavy atom. The zero-order chi connectivity index (χ0) is 18.0. The Bertz CT molecular complexity index is 439. The number of nitrogens with zero attached hydrogens (tertiary/aromatic N) is 2. The van der Waals surface area contributed by atoms with E-state index in [9.17, 15) is 14.7 Å². The molecular weight excluding hydrogens is 300 g/mol. The van der Waals surface area contributed by atoms with Gasteiger partial charge in [0.15, 0.2) is 0 Å². The second-order valence-electron chi connectivity index (χ2n) is 7.95. The number of amides is 2. The predicted octanol–water partition coefficient (Wildman–Crippen LogP) is 2.22. The Balaban J connectivity index is 2.81. The molecule has 0 aromatic carbocycles. The van der Waals surface area contributed by atoms with E-state index in [-0.39, 0.29) is 19.2 Å². The summed E-state index contributed by atoms with van der Waals surface area (Å²) in [4.78, 5) is 27.6. The van der Waals surface area contributed by atoms with Gasteiger partial charge in [-0.15, -0.1) is 0 Å².